The van der Waals surface area contributed by atoms with Crippen LogP contribution < -0.4 is 16.3 Å². The SMILES string of the molecule is O=C(CCNC1CC1)Nc1cccc(-n2cn[nH]c2=O)c1. The molecule has 1 aliphatic carbocycles. The highest BCUT2D eigenvalue weighted by molar-refractivity contribution is 5.91. The van der Waals surface area contributed by atoms with Crippen LogP contribution in [0.4, 0.5) is 5.69 Å². The van der Waals surface area contributed by atoms with Gasteiger partial charge in [-0.2, -0.15) is 5.10 Å². The average Bonchev–Trinajstić information content (AvgIpc) is 3.19. The number of nitrogens with zero attached hydrogens (tertiary/aromatic N) is 2. The van der Waals surface area contributed by atoms with Crippen molar-refractivity contribution in [3.8, 4) is 5.69 Å². The normalized spacial score (nSPS) is 14.1. The molecule has 0 spiro atoms. The van der Waals surface area contributed by atoms with Gasteiger partial charge >= 0.3 is 5.69 Å². The van der Waals surface area contributed by atoms with Crippen LogP contribution in [0.5, 0.6) is 0 Å². The van der Waals surface area contributed by atoms with E-state index in [1.807, 2.05) is 0 Å². The van der Waals surface area contributed by atoms with Crippen LogP contribution in [-0.2, 0) is 4.79 Å². The predicted octanol–water partition coefficient (Wildman–Crippen LogP) is 0.641. The van der Waals surface area contributed by atoms with Gasteiger partial charge in [0.15, 0.2) is 0 Å². The summed E-state index contributed by atoms with van der Waals surface area (Å²) in [7, 11) is 0. The molecule has 0 aliphatic heterocycles. The Balaban J connectivity index is 1.61. The van der Waals surface area contributed by atoms with E-state index in [1.54, 1.807) is 24.3 Å². The first-order chi connectivity index (χ1) is 10.2. The second-order valence-electron chi connectivity index (χ2n) is 5.11. The minimum Gasteiger partial charge on any atom is -0.326 e. The standard InChI is InChI=1S/C14H17N5O2/c20-13(6-7-15-10-4-5-10)17-11-2-1-3-12(8-11)19-9-16-18-14(19)21/h1-3,8-10,15H,4-7H2,(H,17,20)(H,18,21). The van der Waals surface area contributed by atoms with Crippen LogP contribution >= 0.6 is 0 Å². The van der Waals surface area contributed by atoms with E-state index in [1.165, 1.54) is 23.7 Å². The summed E-state index contributed by atoms with van der Waals surface area (Å²) < 4.78 is 1.38. The fourth-order valence-electron chi connectivity index (χ4n) is 2.07. The highest BCUT2D eigenvalue weighted by Crippen LogP contribution is 2.18. The number of nitrogens with one attached hydrogen (secondary N) is 3. The molecule has 0 unspecified atom stereocenters. The number of aromatic amines is 1. The number of hydrogen-bond acceptors (Lipinski definition) is 4. The lowest BCUT2D eigenvalue weighted by molar-refractivity contribution is -0.116. The quantitative estimate of drug-likeness (QED) is 0.727. The third kappa shape index (κ3) is 3.57. The fourth-order valence-corrected chi connectivity index (χ4v) is 2.07. The Morgan fingerprint density at radius 1 is 1.43 bits per heavy atom. The molecule has 1 aromatic carbocycles. The van der Waals surface area contributed by atoms with Gasteiger partial charge in [-0.05, 0) is 31.0 Å². The molecule has 0 atom stereocenters. The number of carbonyl (C=O) groups excluding carboxylic acids is 1. The number of amides is 1. The third-order valence-electron chi connectivity index (χ3n) is 3.32. The monoisotopic (exact) mass is 287 g/mol. The van der Waals surface area contributed by atoms with E-state index in [0.717, 1.165) is 0 Å². The van der Waals surface area contributed by atoms with Crippen molar-refractivity contribution in [2.24, 2.45) is 0 Å². The van der Waals surface area contributed by atoms with Crippen LogP contribution in [0.1, 0.15) is 19.3 Å². The molecule has 1 aromatic heterocycles. The zero-order chi connectivity index (χ0) is 14.7. The molecule has 7 nitrogen and oxygen atoms in total. The molecule has 1 aliphatic rings. The number of anilines is 1. The maximum Gasteiger partial charge on any atom is 0.347 e. The maximum absolute atomic E-state index is 11.8. The number of carbonyl (C=O) groups is 1. The lowest BCUT2D eigenvalue weighted by Gasteiger charge is -2.07. The molecule has 21 heavy (non-hydrogen) atoms. The molecule has 7 heteroatoms. The topological polar surface area (TPSA) is 91.8 Å². The Labute approximate surface area is 121 Å². The molecule has 1 amide bonds. The van der Waals surface area contributed by atoms with Gasteiger partial charge in [-0.3, -0.25) is 4.79 Å². The minimum absolute atomic E-state index is 0.0418. The van der Waals surface area contributed by atoms with Crippen molar-refractivity contribution in [3.63, 3.8) is 0 Å². The minimum atomic E-state index is -0.313. The molecule has 1 fully saturated rings. The Morgan fingerprint density at radius 3 is 3.00 bits per heavy atom. The molecule has 1 saturated carbocycles. The Hall–Kier alpha value is -2.41. The summed E-state index contributed by atoms with van der Waals surface area (Å²) in [5.74, 6) is -0.0418. The lowest BCUT2D eigenvalue weighted by Crippen LogP contribution is -2.23. The van der Waals surface area contributed by atoms with Gasteiger partial charge in [-0.1, -0.05) is 6.07 Å². The van der Waals surface area contributed by atoms with Crippen molar-refractivity contribution in [1.29, 1.82) is 0 Å². The van der Waals surface area contributed by atoms with E-state index < -0.39 is 0 Å². The van der Waals surface area contributed by atoms with Gasteiger partial charge in [0, 0.05) is 24.7 Å². The van der Waals surface area contributed by atoms with Gasteiger partial charge < -0.3 is 10.6 Å². The number of H-pyrrole nitrogens is 1. The summed E-state index contributed by atoms with van der Waals surface area (Å²) in [4.78, 5) is 23.4. The third-order valence-corrected chi connectivity index (χ3v) is 3.32. The van der Waals surface area contributed by atoms with Crippen molar-refractivity contribution in [3.05, 3.63) is 41.1 Å². The number of benzene rings is 1. The zero-order valence-electron chi connectivity index (χ0n) is 11.5. The fraction of sp³-hybridized carbons (Fsp3) is 0.357. The highest BCUT2D eigenvalue weighted by atomic mass is 16.2. The van der Waals surface area contributed by atoms with Crippen LogP contribution in [0.25, 0.3) is 5.69 Å². The summed E-state index contributed by atoms with van der Waals surface area (Å²) in [6.45, 7) is 0.692. The van der Waals surface area contributed by atoms with Crippen molar-refractivity contribution in [2.45, 2.75) is 25.3 Å². The summed E-state index contributed by atoms with van der Waals surface area (Å²) in [5.41, 5.74) is 1.01. The van der Waals surface area contributed by atoms with Crippen LogP contribution in [-0.4, -0.2) is 33.3 Å². The molecule has 0 radical (unpaired) electrons. The first-order valence-electron chi connectivity index (χ1n) is 6.98. The number of hydrogen-bond donors (Lipinski definition) is 3. The van der Waals surface area contributed by atoms with Gasteiger partial charge in [0.25, 0.3) is 0 Å². The average molecular weight is 287 g/mol. The van der Waals surface area contributed by atoms with E-state index in [9.17, 15) is 9.59 Å². The molecule has 0 bridgehead atoms. The molecule has 3 N–H and O–H groups in total. The van der Waals surface area contributed by atoms with E-state index in [4.69, 9.17) is 0 Å². The molecule has 1 heterocycles. The second-order valence-corrected chi connectivity index (χ2v) is 5.11. The molecule has 2 aromatic rings. The first-order valence-corrected chi connectivity index (χ1v) is 6.98. The van der Waals surface area contributed by atoms with E-state index in [2.05, 4.69) is 20.8 Å². The molecular weight excluding hydrogens is 270 g/mol. The predicted molar refractivity (Wildman–Crippen MR) is 78.5 cm³/mol. The van der Waals surface area contributed by atoms with Crippen LogP contribution in [0.15, 0.2) is 35.4 Å². The molecule has 110 valence electrons. The second kappa shape index (κ2) is 5.92. The summed E-state index contributed by atoms with van der Waals surface area (Å²) >= 11 is 0. The number of rotatable bonds is 6. The van der Waals surface area contributed by atoms with Crippen molar-refractivity contribution in [1.82, 2.24) is 20.1 Å². The number of aromatic nitrogens is 3. The maximum atomic E-state index is 11.8. The largest absolute Gasteiger partial charge is 0.347 e. The molecule has 3 rings (SSSR count). The highest BCUT2D eigenvalue weighted by Gasteiger charge is 2.20. The van der Waals surface area contributed by atoms with Gasteiger partial charge in [0.2, 0.25) is 5.91 Å². The zero-order valence-corrected chi connectivity index (χ0v) is 11.5. The van der Waals surface area contributed by atoms with Gasteiger partial charge in [-0.25, -0.2) is 14.5 Å². The smallest absolute Gasteiger partial charge is 0.326 e. The molecule has 0 saturated heterocycles. The Bertz CT molecular complexity index is 686. The Kier molecular flexibility index (Phi) is 3.83. The van der Waals surface area contributed by atoms with E-state index in [0.29, 0.717) is 30.4 Å². The summed E-state index contributed by atoms with van der Waals surface area (Å²) in [6.07, 6.45) is 4.27. The van der Waals surface area contributed by atoms with Crippen molar-refractivity contribution >= 4 is 11.6 Å². The Morgan fingerprint density at radius 2 is 2.29 bits per heavy atom. The van der Waals surface area contributed by atoms with E-state index >= 15 is 0 Å². The molecular formula is C14H17N5O2. The van der Waals surface area contributed by atoms with E-state index in [-0.39, 0.29) is 11.6 Å². The summed E-state index contributed by atoms with van der Waals surface area (Å²) in [6, 6.07) is 7.70. The lowest BCUT2D eigenvalue weighted by atomic mass is 10.2. The van der Waals surface area contributed by atoms with Crippen molar-refractivity contribution in [2.75, 3.05) is 11.9 Å². The van der Waals surface area contributed by atoms with Gasteiger partial charge in [-0.15, -0.1) is 0 Å². The van der Waals surface area contributed by atoms with Crippen LogP contribution in [0.2, 0.25) is 0 Å². The van der Waals surface area contributed by atoms with Gasteiger partial charge in [0.1, 0.15) is 6.33 Å². The van der Waals surface area contributed by atoms with Crippen LogP contribution in [0.3, 0.4) is 0 Å². The first kappa shape index (κ1) is 13.6. The summed E-state index contributed by atoms with van der Waals surface area (Å²) in [5, 5.41) is 12.1. The van der Waals surface area contributed by atoms with Crippen LogP contribution in [0, 0.1) is 0 Å². The van der Waals surface area contributed by atoms with Gasteiger partial charge in [0.05, 0.1) is 5.69 Å². The van der Waals surface area contributed by atoms with Crippen molar-refractivity contribution < 1.29 is 4.79 Å².